The SMILES string of the molecule is c1ccc(-n2c3ccccc3c3sc4cccc(-c5ccc(-c6cccc7c6sc6ccccc67)cc5)c4c32)cc1. The summed E-state index contributed by atoms with van der Waals surface area (Å²) in [5.74, 6) is 0. The Balaban J connectivity index is 1.26. The first-order chi connectivity index (χ1) is 20.3. The molecule has 0 fully saturated rings. The van der Waals surface area contributed by atoms with Gasteiger partial charge in [-0.15, -0.1) is 22.7 Å². The van der Waals surface area contributed by atoms with E-state index in [1.807, 2.05) is 22.7 Å². The molecule has 3 aromatic heterocycles. The first kappa shape index (κ1) is 23.0. The molecule has 3 heterocycles. The predicted octanol–water partition coefficient (Wildman–Crippen LogP) is 11.7. The summed E-state index contributed by atoms with van der Waals surface area (Å²) < 4.78 is 7.81. The van der Waals surface area contributed by atoms with Crippen molar-refractivity contribution in [2.45, 2.75) is 0 Å². The molecule has 0 aliphatic rings. The Bertz CT molecular complexity index is 2400. The van der Waals surface area contributed by atoms with Gasteiger partial charge in [-0.25, -0.2) is 0 Å². The summed E-state index contributed by atoms with van der Waals surface area (Å²) in [5.41, 5.74) is 8.82. The Morgan fingerprint density at radius 1 is 0.415 bits per heavy atom. The maximum Gasteiger partial charge on any atom is 0.0734 e. The number of fused-ring (bicyclic) bond motifs is 8. The van der Waals surface area contributed by atoms with Gasteiger partial charge in [0.2, 0.25) is 0 Å². The van der Waals surface area contributed by atoms with Gasteiger partial charge in [-0.2, -0.15) is 0 Å². The fraction of sp³-hybridized carbons (Fsp3) is 0. The van der Waals surface area contributed by atoms with Crippen LogP contribution in [0.1, 0.15) is 0 Å². The monoisotopic (exact) mass is 557 g/mol. The first-order valence-electron chi connectivity index (χ1n) is 13.9. The number of thiophene rings is 2. The largest absolute Gasteiger partial charge is 0.308 e. The lowest BCUT2D eigenvalue weighted by Gasteiger charge is -2.11. The van der Waals surface area contributed by atoms with Gasteiger partial charge in [0.15, 0.2) is 0 Å². The minimum Gasteiger partial charge on any atom is -0.308 e. The molecule has 0 aliphatic carbocycles. The van der Waals surface area contributed by atoms with Crippen molar-refractivity contribution < 1.29 is 0 Å². The highest BCUT2D eigenvalue weighted by atomic mass is 32.1. The molecule has 9 rings (SSSR count). The zero-order valence-electron chi connectivity index (χ0n) is 22.0. The first-order valence-corrected chi connectivity index (χ1v) is 15.5. The van der Waals surface area contributed by atoms with Gasteiger partial charge < -0.3 is 4.57 Å². The minimum atomic E-state index is 1.19. The fourth-order valence-corrected chi connectivity index (χ4v) is 8.88. The number of rotatable bonds is 3. The molecule has 0 saturated heterocycles. The zero-order valence-corrected chi connectivity index (χ0v) is 23.7. The van der Waals surface area contributed by atoms with Crippen molar-refractivity contribution in [3.05, 3.63) is 140 Å². The number of para-hydroxylation sites is 2. The highest BCUT2D eigenvalue weighted by Crippen LogP contribution is 2.46. The molecule has 0 aliphatic heterocycles. The molecule has 6 aromatic carbocycles. The average molecular weight is 558 g/mol. The molecule has 41 heavy (non-hydrogen) atoms. The number of benzene rings is 6. The summed E-state index contributed by atoms with van der Waals surface area (Å²) in [6.45, 7) is 0. The predicted molar refractivity (Wildman–Crippen MR) is 180 cm³/mol. The number of aromatic nitrogens is 1. The van der Waals surface area contributed by atoms with Crippen molar-refractivity contribution in [1.29, 1.82) is 0 Å². The van der Waals surface area contributed by atoms with E-state index in [1.165, 1.54) is 79.3 Å². The Kier molecular flexibility index (Phi) is 5.00. The average Bonchev–Trinajstić information content (AvgIpc) is 3.70. The summed E-state index contributed by atoms with van der Waals surface area (Å²) >= 11 is 3.79. The second kappa shape index (κ2) is 8.90. The van der Waals surface area contributed by atoms with E-state index < -0.39 is 0 Å². The smallest absolute Gasteiger partial charge is 0.0734 e. The van der Waals surface area contributed by atoms with Crippen LogP contribution >= 0.6 is 22.7 Å². The van der Waals surface area contributed by atoms with Crippen molar-refractivity contribution in [1.82, 2.24) is 4.57 Å². The van der Waals surface area contributed by atoms with Gasteiger partial charge in [-0.1, -0.05) is 109 Å². The maximum atomic E-state index is 2.45. The van der Waals surface area contributed by atoms with Crippen LogP contribution in [0.15, 0.2) is 140 Å². The zero-order chi connectivity index (χ0) is 26.9. The van der Waals surface area contributed by atoms with Gasteiger partial charge >= 0.3 is 0 Å². The lowest BCUT2D eigenvalue weighted by Crippen LogP contribution is -1.93. The molecule has 0 N–H and O–H groups in total. The van der Waals surface area contributed by atoms with Crippen molar-refractivity contribution in [3.8, 4) is 27.9 Å². The number of hydrogen-bond acceptors (Lipinski definition) is 2. The van der Waals surface area contributed by atoms with Crippen LogP contribution in [-0.4, -0.2) is 4.57 Å². The number of hydrogen-bond donors (Lipinski definition) is 0. The van der Waals surface area contributed by atoms with Crippen LogP contribution in [0.4, 0.5) is 0 Å². The summed E-state index contributed by atoms with van der Waals surface area (Å²) in [7, 11) is 0. The van der Waals surface area contributed by atoms with Crippen LogP contribution in [0, 0.1) is 0 Å². The fourth-order valence-electron chi connectivity index (χ4n) is 6.40. The third-order valence-corrected chi connectivity index (χ3v) is 10.6. The molecular weight excluding hydrogens is 535 g/mol. The van der Waals surface area contributed by atoms with Gasteiger partial charge in [0.05, 0.1) is 15.7 Å². The Morgan fingerprint density at radius 2 is 1.02 bits per heavy atom. The second-order valence-corrected chi connectivity index (χ2v) is 12.6. The van der Waals surface area contributed by atoms with Crippen molar-refractivity contribution in [2.75, 3.05) is 0 Å². The lowest BCUT2D eigenvalue weighted by atomic mass is 9.97. The van der Waals surface area contributed by atoms with Crippen LogP contribution in [0.5, 0.6) is 0 Å². The topological polar surface area (TPSA) is 4.93 Å². The molecule has 192 valence electrons. The Morgan fingerprint density at radius 3 is 1.88 bits per heavy atom. The van der Waals surface area contributed by atoms with E-state index in [4.69, 9.17) is 0 Å². The van der Waals surface area contributed by atoms with Crippen LogP contribution in [0.2, 0.25) is 0 Å². The van der Waals surface area contributed by atoms with Gasteiger partial charge in [0.25, 0.3) is 0 Å². The Labute approximate surface area is 245 Å². The lowest BCUT2D eigenvalue weighted by molar-refractivity contribution is 1.19. The number of nitrogens with zero attached hydrogens (tertiary/aromatic N) is 1. The van der Waals surface area contributed by atoms with E-state index in [9.17, 15) is 0 Å². The van der Waals surface area contributed by atoms with E-state index in [-0.39, 0.29) is 0 Å². The van der Waals surface area contributed by atoms with E-state index in [2.05, 4.69) is 144 Å². The molecule has 0 unspecified atom stereocenters. The second-order valence-electron chi connectivity index (χ2n) is 10.5. The van der Waals surface area contributed by atoms with Crippen LogP contribution in [0.25, 0.3) is 79.3 Å². The summed E-state index contributed by atoms with van der Waals surface area (Å²) in [5, 5.41) is 5.32. The molecule has 0 spiro atoms. The van der Waals surface area contributed by atoms with E-state index in [0.29, 0.717) is 0 Å². The molecule has 1 nitrogen and oxygen atoms in total. The van der Waals surface area contributed by atoms with Crippen LogP contribution < -0.4 is 0 Å². The quantitative estimate of drug-likeness (QED) is 0.204. The normalized spacial score (nSPS) is 11.9. The van der Waals surface area contributed by atoms with Gasteiger partial charge in [0.1, 0.15) is 0 Å². The van der Waals surface area contributed by atoms with E-state index in [1.54, 1.807) is 0 Å². The molecule has 0 radical (unpaired) electrons. The standard InChI is InChI=1S/C38H23NS2/c1-2-10-26(11-3-1)39-32-17-6-4-13-31(32)38-36(39)35-27(14-9-19-34(35)41-38)24-20-22-25(23-21-24)28-15-8-16-30-29-12-5-7-18-33(29)40-37(28)30/h1-23H. The maximum absolute atomic E-state index is 2.45. The molecule has 0 amide bonds. The highest BCUT2D eigenvalue weighted by Gasteiger charge is 2.20. The summed E-state index contributed by atoms with van der Waals surface area (Å²) in [6, 6.07) is 50.9. The van der Waals surface area contributed by atoms with Gasteiger partial charge in [-0.05, 0) is 52.6 Å². The molecule has 0 bridgehead atoms. The third kappa shape index (κ3) is 3.40. The van der Waals surface area contributed by atoms with E-state index in [0.717, 1.165) is 0 Å². The minimum absolute atomic E-state index is 1.19. The van der Waals surface area contributed by atoms with Gasteiger partial charge in [0, 0.05) is 41.3 Å². The van der Waals surface area contributed by atoms with Gasteiger partial charge in [-0.3, -0.25) is 0 Å². The molecule has 0 saturated carbocycles. The van der Waals surface area contributed by atoms with Crippen molar-refractivity contribution >= 4 is 74.1 Å². The van der Waals surface area contributed by atoms with E-state index >= 15 is 0 Å². The third-order valence-electron chi connectivity index (χ3n) is 8.23. The van der Waals surface area contributed by atoms with Crippen molar-refractivity contribution in [2.24, 2.45) is 0 Å². The molecular formula is C38H23NS2. The van der Waals surface area contributed by atoms with Crippen LogP contribution in [0.3, 0.4) is 0 Å². The highest BCUT2D eigenvalue weighted by molar-refractivity contribution is 7.27. The molecule has 3 heteroatoms. The molecule has 9 aromatic rings. The van der Waals surface area contributed by atoms with Crippen LogP contribution in [-0.2, 0) is 0 Å². The summed E-state index contributed by atoms with van der Waals surface area (Å²) in [4.78, 5) is 0. The summed E-state index contributed by atoms with van der Waals surface area (Å²) in [6.07, 6.45) is 0. The molecule has 0 atom stereocenters. The Hall–Kier alpha value is -4.70. The van der Waals surface area contributed by atoms with Crippen molar-refractivity contribution in [3.63, 3.8) is 0 Å².